The van der Waals surface area contributed by atoms with Crippen LogP contribution in [0.3, 0.4) is 0 Å². The molecule has 1 aromatic heterocycles. The zero-order chi connectivity index (χ0) is 22.6. The highest BCUT2D eigenvalue weighted by atomic mass is 79.9. The SMILES string of the molecule is C=CCn1c(SCC(=O)Nc2cccc(C(F)(F)F)c2)nnc1-c1cc(Br)ccc1O. The summed E-state index contributed by atoms with van der Waals surface area (Å²) in [5, 5.41) is 21.2. The van der Waals surface area contributed by atoms with Gasteiger partial charge in [-0.25, -0.2) is 0 Å². The van der Waals surface area contributed by atoms with E-state index in [1.807, 2.05) is 0 Å². The molecule has 0 aliphatic rings. The van der Waals surface area contributed by atoms with Gasteiger partial charge < -0.3 is 10.4 Å². The lowest BCUT2D eigenvalue weighted by Crippen LogP contribution is -2.15. The Morgan fingerprint density at radius 3 is 2.74 bits per heavy atom. The maximum atomic E-state index is 12.8. The summed E-state index contributed by atoms with van der Waals surface area (Å²) in [7, 11) is 0. The minimum Gasteiger partial charge on any atom is -0.507 e. The summed E-state index contributed by atoms with van der Waals surface area (Å²) in [6.45, 7) is 4.03. The van der Waals surface area contributed by atoms with Crippen molar-refractivity contribution in [1.82, 2.24) is 14.8 Å². The Hall–Kier alpha value is -2.79. The number of amides is 1. The van der Waals surface area contributed by atoms with E-state index in [1.54, 1.807) is 22.8 Å². The van der Waals surface area contributed by atoms with Gasteiger partial charge in [0.05, 0.1) is 16.9 Å². The van der Waals surface area contributed by atoms with Crippen molar-refractivity contribution in [2.24, 2.45) is 0 Å². The van der Waals surface area contributed by atoms with Gasteiger partial charge in [0.15, 0.2) is 11.0 Å². The van der Waals surface area contributed by atoms with Gasteiger partial charge in [-0.05, 0) is 36.4 Å². The topological polar surface area (TPSA) is 80.0 Å². The first kappa shape index (κ1) is 22.9. The molecule has 3 rings (SSSR count). The van der Waals surface area contributed by atoms with Gasteiger partial charge >= 0.3 is 6.18 Å². The molecule has 3 aromatic rings. The van der Waals surface area contributed by atoms with Gasteiger partial charge in [-0.15, -0.1) is 16.8 Å². The van der Waals surface area contributed by atoms with Crippen LogP contribution in [0, 0.1) is 0 Å². The number of phenolic OH excluding ortho intramolecular Hbond substituents is 1. The molecule has 0 aliphatic carbocycles. The number of nitrogens with one attached hydrogen (secondary N) is 1. The predicted octanol–water partition coefficient (Wildman–Crippen LogP) is 5.35. The van der Waals surface area contributed by atoms with E-state index in [0.717, 1.165) is 28.4 Å². The van der Waals surface area contributed by atoms with E-state index in [2.05, 4.69) is 38.0 Å². The van der Waals surface area contributed by atoms with Gasteiger partial charge in [0.2, 0.25) is 5.91 Å². The van der Waals surface area contributed by atoms with Crippen LogP contribution in [0.25, 0.3) is 11.4 Å². The minimum absolute atomic E-state index is 0.0137. The molecule has 31 heavy (non-hydrogen) atoms. The first-order valence-corrected chi connectivity index (χ1v) is 10.6. The van der Waals surface area contributed by atoms with Gasteiger partial charge in [-0.1, -0.05) is 39.8 Å². The Balaban J connectivity index is 1.75. The fraction of sp³-hybridized carbons (Fsp3) is 0.150. The van der Waals surface area contributed by atoms with Crippen molar-refractivity contribution in [3.8, 4) is 17.1 Å². The molecule has 0 fully saturated rings. The van der Waals surface area contributed by atoms with Crippen LogP contribution in [0.5, 0.6) is 5.75 Å². The standard InChI is InChI=1S/C20H16BrF3N4O2S/c1-2-8-28-18(15-10-13(21)6-7-16(15)29)26-27-19(28)31-11-17(30)25-14-5-3-4-12(9-14)20(22,23)24/h2-7,9-10,29H,1,8,11H2,(H,25,30). The van der Waals surface area contributed by atoms with Crippen molar-refractivity contribution in [2.45, 2.75) is 17.9 Å². The average Bonchev–Trinajstić information content (AvgIpc) is 3.10. The zero-order valence-electron chi connectivity index (χ0n) is 15.9. The number of anilines is 1. The molecule has 0 aliphatic heterocycles. The number of aromatic nitrogens is 3. The molecule has 0 spiro atoms. The molecule has 0 bridgehead atoms. The molecular weight excluding hydrogens is 497 g/mol. The van der Waals surface area contributed by atoms with E-state index in [1.165, 1.54) is 18.2 Å². The predicted molar refractivity (Wildman–Crippen MR) is 116 cm³/mol. The number of rotatable bonds is 7. The quantitative estimate of drug-likeness (QED) is 0.329. The Morgan fingerprint density at radius 1 is 1.26 bits per heavy atom. The molecular formula is C20H16BrF3N4O2S. The summed E-state index contributed by atoms with van der Waals surface area (Å²) >= 11 is 4.41. The van der Waals surface area contributed by atoms with Crippen molar-refractivity contribution >= 4 is 39.3 Å². The number of hydrogen-bond acceptors (Lipinski definition) is 5. The van der Waals surface area contributed by atoms with Crippen LogP contribution in [0.15, 0.2) is 64.7 Å². The van der Waals surface area contributed by atoms with E-state index in [-0.39, 0.29) is 17.2 Å². The number of halogens is 4. The highest BCUT2D eigenvalue weighted by Gasteiger charge is 2.30. The fourth-order valence-corrected chi connectivity index (χ4v) is 3.79. The number of thioether (sulfide) groups is 1. The molecule has 0 saturated carbocycles. The third kappa shape index (κ3) is 5.67. The number of alkyl halides is 3. The maximum Gasteiger partial charge on any atom is 0.416 e. The number of allylic oxidation sites excluding steroid dienone is 1. The molecule has 162 valence electrons. The number of aromatic hydroxyl groups is 1. The van der Waals surface area contributed by atoms with Crippen LogP contribution in [-0.4, -0.2) is 31.5 Å². The highest BCUT2D eigenvalue weighted by Crippen LogP contribution is 2.33. The molecule has 1 heterocycles. The van der Waals surface area contributed by atoms with Crippen LogP contribution >= 0.6 is 27.7 Å². The lowest BCUT2D eigenvalue weighted by Gasteiger charge is -2.11. The number of carbonyl (C=O) groups excluding carboxylic acids is 1. The van der Waals surface area contributed by atoms with Crippen molar-refractivity contribution in [3.05, 3.63) is 65.2 Å². The van der Waals surface area contributed by atoms with Crippen molar-refractivity contribution in [1.29, 1.82) is 0 Å². The number of carbonyl (C=O) groups is 1. The second-order valence-corrected chi connectivity index (χ2v) is 8.14. The molecule has 0 saturated heterocycles. The van der Waals surface area contributed by atoms with Gasteiger partial charge in [0.25, 0.3) is 0 Å². The molecule has 6 nitrogen and oxygen atoms in total. The first-order chi connectivity index (χ1) is 14.7. The molecule has 0 atom stereocenters. The average molecular weight is 513 g/mol. The molecule has 0 unspecified atom stereocenters. The van der Waals surface area contributed by atoms with Gasteiger partial charge in [-0.3, -0.25) is 9.36 Å². The Labute approximate surface area is 188 Å². The molecule has 1 amide bonds. The molecule has 2 aromatic carbocycles. The summed E-state index contributed by atoms with van der Waals surface area (Å²) in [5.74, 6) is -0.195. The molecule has 11 heteroatoms. The van der Waals surface area contributed by atoms with Crippen molar-refractivity contribution in [3.63, 3.8) is 0 Å². The normalized spacial score (nSPS) is 11.4. The Morgan fingerprint density at radius 2 is 2.03 bits per heavy atom. The molecule has 2 N–H and O–H groups in total. The largest absolute Gasteiger partial charge is 0.507 e. The Bertz CT molecular complexity index is 1120. The van der Waals surface area contributed by atoms with E-state index in [9.17, 15) is 23.1 Å². The number of hydrogen-bond donors (Lipinski definition) is 2. The second kappa shape index (κ2) is 9.56. The van der Waals surface area contributed by atoms with Crippen molar-refractivity contribution in [2.75, 3.05) is 11.1 Å². The monoisotopic (exact) mass is 512 g/mol. The zero-order valence-corrected chi connectivity index (χ0v) is 18.3. The minimum atomic E-state index is -4.50. The van der Waals surface area contributed by atoms with Gasteiger partial charge in [0.1, 0.15) is 5.75 Å². The highest BCUT2D eigenvalue weighted by molar-refractivity contribution is 9.10. The van der Waals surface area contributed by atoms with Gasteiger partial charge in [0, 0.05) is 16.7 Å². The molecule has 0 radical (unpaired) electrons. The van der Waals surface area contributed by atoms with E-state index < -0.39 is 17.6 Å². The number of benzene rings is 2. The second-order valence-electron chi connectivity index (χ2n) is 6.28. The van der Waals surface area contributed by atoms with Crippen molar-refractivity contribution < 1.29 is 23.1 Å². The van der Waals surface area contributed by atoms with Crippen LogP contribution < -0.4 is 5.32 Å². The summed E-state index contributed by atoms with van der Waals surface area (Å²) < 4.78 is 40.9. The lowest BCUT2D eigenvalue weighted by atomic mass is 10.2. The third-order valence-corrected chi connectivity index (χ3v) is 5.49. The van der Waals surface area contributed by atoms with E-state index in [0.29, 0.717) is 23.1 Å². The van der Waals surface area contributed by atoms with Crippen LogP contribution in [-0.2, 0) is 17.5 Å². The summed E-state index contributed by atoms with van der Waals surface area (Å²) in [4.78, 5) is 12.3. The van der Waals surface area contributed by atoms with Crippen LogP contribution in [0.2, 0.25) is 0 Å². The van der Waals surface area contributed by atoms with E-state index in [4.69, 9.17) is 0 Å². The van der Waals surface area contributed by atoms with Crippen LogP contribution in [0.1, 0.15) is 5.56 Å². The smallest absolute Gasteiger partial charge is 0.416 e. The number of phenols is 1. The number of nitrogens with zero attached hydrogens (tertiary/aromatic N) is 3. The van der Waals surface area contributed by atoms with Gasteiger partial charge in [-0.2, -0.15) is 13.2 Å². The fourth-order valence-electron chi connectivity index (χ4n) is 2.68. The summed E-state index contributed by atoms with van der Waals surface area (Å²) in [6.07, 6.45) is -2.88. The van der Waals surface area contributed by atoms with Crippen LogP contribution in [0.4, 0.5) is 18.9 Å². The van der Waals surface area contributed by atoms with E-state index >= 15 is 0 Å². The Kier molecular flexibility index (Phi) is 7.06. The third-order valence-electron chi connectivity index (χ3n) is 4.03. The first-order valence-electron chi connectivity index (χ1n) is 8.82. The summed E-state index contributed by atoms with van der Waals surface area (Å²) in [5.41, 5.74) is -0.348. The lowest BCUT2D eigenvalue weighted by molar-refractivity contribution is -0.137. The summed E-state index contributed by atoms with van der Waals surface area (Å²) in [6, 6.07) is 9.30. The maximum absolute atomic E-state index is 12.8.